The Morgan fingerprint density at radius 3 is 2.57 bits per heavy atom. The van der Waals surface area contributed by atoms with Crippen molar-refractivity contribution in [2.24, 2.45) is 0 Å². The standard InChI is InChI=1S/C16H23FN2O2/c1-3-18-12-5-7-13(8-6-12)19-16(20)11-4-9-14(17)15(10-11)21-2/h4,9-10,12-13,18H,3,5-8H2,1-2H3,(H,19,20). The monoisotopic (exact) mass is 294 g/mol. The summed E-state index contributed by atoms with van der Waals surface area (Å²) in [5.74, 6) is -0.529. The molecule has 0 radical (unpaired) electrons. The first-order chi connectivity index (χ1) is 10.1. The summed E-state index contributed by atoms with van der Waals surface area (Å²) in [6, 6.07) is 4.94. The van der Waals surface area contributed by atoms with Crippen LogP contribution in [0.3, 0.4) is 0 Å². The Kier molecular flexibility index (Phi) is 5.56. The van der Waals surface area contributed by atoms with Gasteiger partial charge in [-0.05, 0) is 50.4 Å². The molecule has 1 amide bonds. The highest BCUT2D eigenvalue weighted by atomic mass is 19.1. The van der Waals surface area contributed by atoms with E-state index in [1.807, 2.05) is 0 Å². The van der Waals surface area contributed by atoms with Crippen molar-refractivity contribution in [3.8, 4) is 5.75 Å². The van der Waals surface area contributed by atoms with Gasteiger partial charge in [-0.3, -0.25) is 4.79 Å². The molecule has 21 heavy (non-hydrogen) atoms. The summed E-state index contributed by atoms with van der Waals surface area (Å²) in [5, 5.41) is 6.46. The van der Waals surface area contributed by atoms with Crippen LogP contribution in [0.15, 0.2) is 18.2 Å². The number of benzene rings is 1. The lowest BCUT2D eigenvalue weighted by atomic mass is 9.91. The van der Waals surface area contributed by atoms with Crippen LogP contribution in [-0.2, 0) is 0 Å². The van der Waals surface area contributed by atoms with Gasteiger partial charge in [-0.1, -0.05) is 6.92 Å². The number of methoxy groups -OCH3 is 1. The van der Waals surface area contributed by atoms with Crippen LogP contribution in [-0.4, -0.2) is 31.6 Å². The predicted octanol–water partition coefficient (Wildman–Crippen LogP) is 2.48. The van der Waals surface area contributed by atoms with Gasteiger partial charge in [0.2, 0.25) is 0 Å². The van der Waals surface area contributed by atoms with Crippen molar-refractivity contribution in [3.63, 3.8) is 0 Å². The van der Waals surface area contributed by atoms with Gasteiger partial charge in [0.15, 0.2) is 11.6 Å². The third-order valence-corrected chi connectivity index (χ3v) is 3.97. The number of amides is 1. The quantitative estimate of drug-likeness (QED) is 0.877. The van der Waals surface area contributed by atoms with Gasteiger partial charge in [0.05, 0.1) is 7.11 Å². The highest BCUT2D eigenvalue weighted by molar-refractivity contribution is 5.94. The van der Waals surface area contributed by atoms with Crippen LogP contribution in [0, 0.1) is 5.82 Å². The Morgan fingerprint density at radius 1 is 1.29 bits per heavy atom. The first-order valence-electron chi connectivity index (χ1n) is 7.51. The van der Waals surface area contributed by atoms with Gasteiger partial charge in [-0.15, -0.1) is 0 Å². The van der Waals surface area contributed by atoms with Crippen LogP contribution in [0.2, 0.25) is 0 Å². The van der Waals surface area contributed by atoms with E-state index in [9.17, 15) is 9.18 Å². The van der Waals surface area contributed by atoms with Crippen molar-refractivity contribution in [2.45, 2.75) is 44.7 Å². The molecule has 1 aliphatic rings. The second-order valence-corrected chi connectivity index (χ2v) is 5.43. The first kappa shape index (κ1) is 15.8. The number of carbonyl (C=O) groups excluding carboxylic acids is 1. The molecule has 5 heteroatoms. The van der Waals surface area contributed by atoms with Crippen molar-refractivity contribution in [1.29, 1.82) is 0 Å². The van der Waals surface area contributed by atoms with E-state index in [0.717, 1.165) is 32.2 Å². The third kappa shape index (κ3) is 4.17. The number of halogens is 1. The van der Waals surface area contributed by atoms with E-state index in [4.69, 9.17) is 4.74 Å². The summed E-state index contributed by atoms with van der Waals surface area (Å²) in [4.78, 5) is 12.2. The highest BCUT2D eigenvalue weighted by Crippen LogP contribution is 2.21. The van der Waals surface area contributed by atoms with Crippen molar-refractivity contribution >= 4 is 5.91 Å². The molecule has 2 rings (SSSR count). The fourth-order valence-corrected chi connectivity index (χ4v) is 2.80. The highest BCUT2D eigenvalue weighted by Gasteiger charge is 2.22. The van der Waals surface area contributed by atoms with Crippen molar-refractivity contribution in [1.82, 2.24) is 10.6 Å². The van der Waals surface area contributed by atoms with E-state index < -0.39 is 5.82 Å². The smallest absolute Gasteiger partial charge is 0.251 e. The molecule has 0 spiro atoms. The zero-order valence-corrected chi connectivity index (χ0v) is 12.6. The first-order valence-corrected chi connectivity index (χ1v) is 7.51. The summed E-state index contributed by atoms with van der Waals surface area (Å²) >= 11 is 0. The third-order valence-electron chi connectivity index (χ3n) is 3.97. The molecule has 1 aromatic carbocycles. The average molecular weight is 294 g/mol. The SMILES string of the molecule is CCNC1CCC(NC(=O)c2ccc(F)c(OC)c2)CC1. The minimum atomic E-state index is -0.458. The van der Waals surface area contributed by atoms with Gasteiger partial charge in [-0.2, -0.15) is 0 Å². The molecule has 2 N–H and O–H groups in total. The fourth-order valence-electron chi connectivity index (χ4n) is 2.80. The Bertz CT molecular complexity index is 485. The van der Waals surface area contributed by atoms with Crippen LogP contribution < -0.4 is 15.4 Å². The molecular formula is C16H23FN2O2. The van der Waals surface area contributed by atoms with Crippen LogP contribution in [0.4, 0.5) is 4.39 Å². The van der Waals surface area contributed by atoms with Gasteiger partial charge < -0.3 is 15.4 Å². The molecule has 0 unspecified atom stereocenters. The number of hydrogen-bond donors (Lipinski definition) is 2. The van der Waals surface area contributed by atoms with Crippen LogP contribution >= 0.6 is 0 Å². The maximum Gasteiger partial charge on any atom is 0.251 e. The molecular weight excluding hydrogens is 271 g/mol. The Balaban J connectivity index is 1.90. The average Bonchev–Trinajstić information content (AvgIpc) is 2.50. The molecule has 1 saturated carbocycles. The minimum Gasteiger partial charge on any atom is -0.494 e. The number of ether oxygens (including phenoxy) is 1. The number of carbonyl (C=O) groups is 1. The van der Waals surface area contributed by atoms with Crippen molar-refractivity contribution in [3.05, 3.63) is 29.6 Å². The maximum atomic E-state index is 13.3. The van der Waals surface area contributed by atoms with Gasteiger partial charge in [0, 0.05) is 17.6 Å². The van der Waals surface area contributed by atoms with E-state index in [0.29, 0.717) is 11.6 Å². The predicted molar refractivity (Wildman–Crippen MR) is 80.1 cm³/mol. The number of hydrogen-bond acceptors (Lipinski definition) is 3. The van der Waals surface area contributed by atoms with Gasteiger partial charge in [-0.25, -0.2) is 4.39 Å². The maximum absolute atomic E-state index is 13.3. The summed E-state index contributed by atoms with van der Waals surface area (Å²) in [5.41, 5.74) is 0.432. The second-order valence-electron chi connectivity index (χ2n) is 5.43. The summed E-state index contributed by atoms with van der Waals surface area (Å²) in [6.45, 7) is 3.09. The fraction of sp³-hybridized carbons (Fsp3) is 0.562. The zero-order chi connectivity index (χ0) is 15.2. The molecule has 116 valence electrons. The van der Waals surface area contributed by atoms with E-state index in [1.165, 1.54) is 25.3 Å². The lowest BCUT2D eigenvalue weighted by Gasteiger charge is -2.29. The van der Waals surface area contributed by atoms with Crippen molar-refractivity contribution in [2.75, 3.05) is 13.7 Å². The molecule has 0 saturated heterocycles. The zero-order valence-electron chi connectivity index (χ0n) is 12.6. The Hall–Kier alpha value is -1.62. The molecule has 0 heterocycles. The van der Waals surface area contributed by atoms with E-state index in [1.54, 1.807) is 0 Å². The lowest BCUT2D eigenvalue weighted by Crippen LogP contribution is -2.42. The molecule has 0 aromatic heterocycles. The molecule has 0 aliphatic heterocycles. The Labute approximate surface area is 125 Å². The number of rotatable bonds is 5. The van der Waals surface area contributed by atoms with E-state index >= 15 is 0 Å². The molecule has 1 aliphatic carbocycles. The topological polar surface area (TPSA) is 50.4 Å². The van der Waals surface area contributed by atoms with Crippen LogP contribution in [0.25, 0.3) is 0 Å². The molecule has 1 aromatic rings. The Morgan fingerprint density at radius 2 is 1.95 bits per heavy atom. The lowest BCUT2D eigenvalue weighted by molar-refractivity contribution is 0.0924. The largest absolute Gasteiger partial charge is 0.494 e. The van der Waals surface area contributed by atoms with Gasteiger partial charge in [0.1, 0.15) is 0 Å². The minimum absolute atomic E-state index is 0.0958. The van der Waals surface area contributed by atoms with E-state index in [-0.39, 0.29) is 17.7 Å². The second kappa shape index (κ2) is 7.41. The summed E-state index contributed by atoms with van der Waals surface area (Å²) in [7, 11) is 1.39. The molecule has 0 atom stereocenters. The van der Waals surface area contributed by atoms with Crippen LogP contribution in [0.1, 0.15) is 43.0 Å². The van der Waals surface area contributed by atoms with Gasteiger partial charge in [0.25, 0.3) is 5.91 Å². The van der Waals surface area contributed by atoms with Gasteiger partial charge >= 0.3 is 0 Å². The molecule has 0 bridgehead atoms. The molecule has 1 fully saturated rings. The summed E-state index contributed by atoms with van der Waals surface area (Å²) in [6.07, 6.45) is 4.10. The summed E-state index contributed by atoms with van der Waals surface area (Å²) < 4.78 is 18.2. The van der Waals surface area contributed by atoms with Crippen molar-refractivity contribution < 1.29 is 13.9 Å². The normalized spacial score (nSPS) is 21.9. The van der Waals surface area contributed by atoms with Crippen LogP contribution in [0.5, 0.6) is 5.75 Å². The molecule has 4 nitrogen and oxygen atoms in total. The number of nitrogens with one attached hydrogen (secondary N) is 2. The van der Waals surface area contributed by atoms with E-state index in [2.05, 4.69) is 17.6 Å².